The quantitative estimate of drug-likeness (QED) is 0.435. The molecular weight excluding hydrogens is 374 g/mol. The normalized spacial score (nSPS) is 10.7. The molecule has 0 radical (unpaired) electrons. The third-order valence-electron chi connectivity index (χ3n) is 5.09. The van der Waals surface area contributed by atoms with Crippen molar-refractivity contribution in [2.45, 2.75) is 12.8 Å². The molecule has 0 saturated carbocycles. The zero-order valence-corrected chi connectivity index (χ0v) is 16.3. The monoisotopic (exact) mass is 395 g/mol. The van der Waals surface area contributed by atoms with Gasteiger partial charge in [0.1, 0.15) is 0 Å². The number of hydrogen-bond donors (Lipinski definition) is 2. The average Bonchev–Trinajstić information content (AvgIpc) is 2.78. The van der Waals surface area contributed by atoms with Crippen LogP contribution in [-0.4, -0.2) is 17.0 Å². The predicted octanol–water partition coefficient (Wildman–Crippen LogP) is 5.78. The Balaban J connectivity index is 1.44. The maximum atomic E-state index is 12.5. The Morgan fingerprint density at radius 2 is 1.33 bits per heavy atom. The van der Waals surface area contributed by atoms with Gasteiger partial charge in [0.05, 0.1) is 11.3 Å². The summed E-state index contributed by atoms with van der Waals surface area (Å²) >= 11 is 0. The van der Waals surface area contributed by atoms with Crippen LogP contribution >= 0.6 is 0 Å². The summed E-state index contributed by atoms with van der Waals surface area (Å²) in [7, 11) is 0. The van der Waals surface area contributed by atoms with Crippen LogP contribution < -0.4 is 5.32 Å². The van der Waals surface area contributed by atoms with Crippen molar-refractivity contribution < 1.29 is 14.7 Å². The summed E-state index contributed by atoms with van der Waals surface area (Å²) in [6.07, 6.45) is 0.855. The maximum absolute atomic E-state index is 12.5. The Hall–Kier alpha value is -3.92. The van der Waals surface area contributed by atoms with E-state index in [0.717, 1.165) is 27.5 Å². The van der Waals surface area contributed by atoms with Gasteiger partial charge in [0.2, 0.25) is 5.91 Å². The smallest absolute Gasteiger partial charge is 0.337 e. The first-order valence-electron chi connectivity index (χ1n) is 9.80. The molecule has 0 heterocycles. The Morgan fingerprint density at radius 3 is 2.00 bits per heavy atom. The Labute approximate surface area is 174 Å². The van der Waals surface area contributed by atoms with Gasteiger partial charge in [-0.15, -0.1) is 0 Å². The van der Waals surface area contributed by atoms with E-state index in [9.17, 15) is 14.7 Å². The number of fused-ring (bicyclic) bond motifs is 1. The number of nitrogens with one attached hydrogen (secondary N) is 1. The molecule has 0 unspecified atom stereocenters. The molecule has 0 saturated heterocycles. The van der Waals surface area contributed by atoms with Crippen LogP contribution in [0.5, 0.6) is 0 Å². The molecule has 0 atom stereocenters. The van der Waals surface area contributed by atoms with Crippen LogP contribution in [0.2, 0.25) is 0 Å². The second kappa shape index (κ2) is 8.62. The van der Waals surface area contributed by atoms with Gasteiger partial charge in [0.15, 0.2) is 0 Å². The molecule has 148 valence electrons. The van der Waals surface area contributed by atoms with Crippen molar-refractivity contribution >= 4 is 28.3 Å². The van der Waals surface area contributed by atoms with Crippen molar-refractivity contribution in [1.82, 2.24) is 0 Å². The van der Waals surface area contributed by atoms with Crippen molar-refractivity contribution in [3.8, 4) is 11.1 Å². The molecule has 4 rings (SSSR count). The fraction of sp³-hybridized carbons (Fsp3) is 0.0769. The van der Waals surface area contributed by atoms with E-state index in [1.165, 1.54) is 0 Å². The number of carboxylic acid groups (broad SMARTS) is 1. The third-order valence-corrected chi connectivity index (χ3v) is 5.09. The minimum Gasteiger partial charge on any atom is -0.478 e. The lowest BCUT2D eigenvalue weighted by Gasteiger charge is -2.11. The second-order valence-electron chi connectivity index (χ2n) is 7.16. The number of aromatic carboxylic acids is 1. The number of carbonyl (C=O) groups excluding carboxylic acids is 1. The number of carboxylic acids is 1. The molecule has 0 aliphatic rings. The highest BCUT2D eigenvalue weighted by atomic mass is 16.4. The van der Waals surface area contributed by atoms with E-state index < -0.39 is 5.97 Å². The number of anilines is 1. The predicted molar refractivity (Wildman–Crippen MR) is 120 cm³/mol. The molecule has 0 bridgehead atoms. The SMILES string of the molecule is O=C(CCc1ccc(-c2ccccc2)cc1)Nc1cc2ccccc2cc1C(=O)O. The standard InChI is InChI=1S/C26H21NO3/c28-25(15-12-18-10-13-20(14-11-18)19-6-2-1-3-7-19)27-24-17-22-9-5-4-8-21(22)16-23(24)26(29)30/h1-11,13-14,16-17H,12,15H2,(H,27,28)(H,29,30). The van der Waals surface area contributed by atoms with Gasteiger partial charge in [0, 0.05) is 6.42 Å². The van der Waals surface area contributed by atoms with Crippen molar-refractivity contribution in [2.24, 2.45) is 0 Å². The molecule has 1 amide bonds. The van der Waals surface area contributed by atoms with Gasteiger partial charge in [-0.3, -0.25) is 4.79 Å². The highest BCUT2D eigenvalue weighted by Gasteiger charge is 2.14. The first kappa shape index (κ1) is 19.4. The highest BCUT2D eigenvalue weighted by Crippen LogP contribution is 2.25. The number of carbonyl (C=O) groups is 2. The average molecular weight is 395 g/mol. The zero-order valence-electron chi connectivity index (χ0n) is 16.3. The topological polar surface area (TPSA) is 66.4 Å². The minimum atomic E-state index is -1.06. The zero-order chi connectivity index (χ0) is 20.9. The van der Waals surface area contributed by atoms with Crippen LogP contribution in [0.15, 0.2) is 91.0 Å². The molecule has 4 aromatic carbocycles. The molecule has 4 nitrogen and oxygen atoms in total. The van der Waals surface area contributed by atoms with E-state index >= 15 is 0 Å². The minimum absolute atomic E-state index is 0.0919. The van der Waals surface area contributed by atoms with Crippen molar-refractivity contribution in [3.63, 3.8) is 0 Å². The van der Waals surface area contributed by atoms with Gasteiger partial charge >= 0.3 is 5.97 Å². The molecule has 4 heteroatoms. The Bertz CT molecular complexity index is 1200. The van der Waals surface area contributed by atoms with Crippen molar-refractivity contribution in [1.29, 1.82) is 0 Å². The van der Waals surface area contributed by atoms with Crippen LogP contribution in [-0.2, 0) is 11.2 Å². The lowest BCUT2D eigenvalue weighted by Crippen LogP contribution is -2.15. The summed E-state index contributed by atoms with van der Waals surface area (Å²) in [5, 5.41) is 14.0. The van der Waals surface area contributed by atoms with Crippen molar-refractivity contribution in [3.05, 3.63) is 102 Å². The Morgan fingerprint density at radius 1 is 0.733 bits per heavy atom. The summed E-state index contributed by atoms with van der Waals surface area (Å²) in [5.41, 5.74) is 3.76. The lowest BCUT2D eigenvalue weighted by atomic mass is 10.0. The van der Waals surface area contributed by atoms with E-state index in [1.54, 1.807) is 12.1 Å². The highest BCUT2D eigenvalue weighted by molar-refractivity contribution is 6.05. The Kier molecular flexibility index (Phi) is 5.57. The van der Waals surface area contributed by atoms with Crippen LogP contribution in [0.1, 0.15) is 22.3 Å². The molecular formula is C26H21NO3. The molecule has 0 aliphatic heterocycles. The molecule has 0 fully saturated rings. The summed E-state index contributed by atoms with van der Waals surface area (Å²) in [6, 6.07) is 29.1. The van der Waals surface area contributed by atoms with Gasteiger partial charge in [0.25, 0.3) is 0 Å². The van der Waals surface area contributed by atoms with Gasteiger partial charge in [-0.25, -0.2) is 4.79 Å². The number of benzene rings is 4. The summed E-state index contributed by atoms with van der Waals surface area (Å²) in [6.45, 7) is 0. The number of hydrogen-bond acceptors (Lipinski definition) is 2. The second-order valence-corrected chi connectivity index (χ2v) is 7.16. The first-order chi connectivity index (χ1) is 14.6. The van der Waals surface area contributed by atoms with E-state index in [-0.39, 0.29) is 17.9 Å². The van der Waals surface area contributed by atoms with Crippen LogP contribution in [0, 0.1) is 0 Å². The molecule has 2 N–H and O–H groups in total. The summed E-state index contributed by atoms with van der Waals surface area (Å²) < 4.78 is 0. The van der Waals surface area contributed by atoms with E-state index in [1.807, 2.05) is 54.6 Å². The van der Waals surface area contributed by atoms with Gasteiger partial charge < -0.3 is 10.4 Å². The van der Waals surface area contributed by atoms with E-state index in [4.69, 9.17) is 0 Å². The number of rotatable bonds is 6. The third kappa shape index (κ3) is 4.39. The van der Waals surface area contributed by atoms with E-state index in [0.29, 0.717) is 12.1 Å². The first-order valence-corrected chi connectivity index (χ1v) is 9.80. The molecule has 0 aromatic heterocycles. The van der Waals surface area contributed by atoms with Gasteiger partial charge in [-0.1, -0.05) is 78.9 Å². The van der Waals surface area contributed by atoms with Gasteiger partial charge in [-0.2, -0.15) is 0 Å². The van der Waals surface area contributed by atoms with Crippen LogP contribution in [0.3, 0.4) is 0 Å². The van der Waals surface area contributed by atoms with Gasteiger partial charge in [-0.05, 0) is 46.0 Å². The van der Waals surface area contributed by atoms with E-state index in [2.05, 4.69) is 29.6 Å². The summed E-state index contributed by atoms with van der Waals surface area (Å²) in [4.78, 5) is 24.1. The largest absolute Gasteiger partial charge is 0.478 e. The fourth-order valence-corrected chi connectivity index (χ4v) is 3.49. The van der Waals surface area contributed by atoms with Crippen LogP contribution in [0.25, 0.3) is 21.9 Å². The molecule has 30 heavy (non-hydrogen) atoms. The van der Waals surface area contributed by atoms with Crippen molar-refractivity contribution in [2.75, 3.05) is 5.32 Å². The number of aryl methyl sites for hydroxylation is 1. The molecule has 0 spiro atoms. The molecule has 4 aromatic rings. The van der Waals surface area contributed by atoms with Crippen LogP contribution in [0.4, 0.5) is 5.69 Å². The summed E-state index contributed by atoms with van der Waals surface area (Å²) in [5.74, 6) is -1.27. The molecule has 0 aliphatic carbocycles. The number of amides is 1. The lowest BCUT2D eigenvalue weighted by molar-refractivity contribution is -0.116. The maximum Gasteiger partial charge on any atom is 0.337 e. The fourth-order valence-electron chi connectivity index (χ4n) is 3.49.